The van der Waals surface area contributed by atoms with Crippen LogP contribution in [0.3, 0.4) is 0 Å². The molecule has 0 atom stereocenters. The van der Waals surface area contributed by atoms with Crippen molar-refractivity contribution in [2.45, 2.75) is 33.1 Å². The second-order valence-corrected chi connectivity index (χ2v) is 8.95. The van der Waals surface area contributed by atoms with Gasteiger partial charge in [0.2, 0.25) is 11.9 Å². The first-order valence-electron chi connectivity index (χ1n) is 11.3. The maximum Gasteiger partial charge on any atom is 0.254 e. The molecule has 0 radical (unpaired) electrons. The van der Waals surface area contributed by atoms with E-state index in [-0.39, 0.29) is 18.3 Å². The molecule has 2 aromatic heterocycles. The van der Waals surface area contributed by atoms with Crippen LogP contribution < -0.4 is 16.0 Å². The van der Waals surface area contributed by atoms with Crippen molar-refractivity contribution in [2.75, 3.05) is 48.7 Å². The van der Waals surface area contributed by atoms with Crippen LogP contribution in [-0.2, 0) is 11.2 Å². The van der Waals surface area contributed by atoms with Gasteiger partial charge in [-0.05, 0) is 50.8 Å². The number of amides is 1. The smallest absolute Gasteiger partial charge is 0.254 e. The van der Waals surface area contributed by atoms with Crippen LogP contribution in [0.15, 0.2) is 24.3 Å². The Kier molecular flexibility index (Phi) is 5.42. The number of hydrogen-bond donors (Lipinski definition) is 2. The van der Waals surface area contributed by atoms with E-state index in [2.05, 4.69) is 42.3 Å². The average Bonchev–Trinajstić information content (AvgIpc) is 3.51. The molecular formula is C23H30N8O. The lowest BCUT2D eigenvalue weighted by atomic mass is 10.1. The number of anilines is 3. The van der Waals surface area contributed by atoms with E-state index in [1.54, 1.807) is 4.52 Å². The molecule has 168 valence electrons. The maximum atomic E-state index is 12.8. The third kappa shape index (κ3) is 4.38. The second kappa shape index (κ2) is 8.38. The molecule has 1 aliphatic carbocycles. The Balaban J connectivity index is 1.24. The molecule has 9 nitrogen and oxygen atoms in total. The summed E-state index contributed by atoms with van der Waals surface area (Å²) in [5, 5.41) is 7.22. The largest absolute Gasteiger partial charge is 0.369 e. The van der Waals surface area contributed by atoms with Crippen molar-refractivity contribution in [3.8, 4) is 0 Å². The molecule has 1 saturated heterocycles. The summed E-state index contributed by atoms with van der Waals surface area (Å²) < 4.78 is 1.59. The van der Waals surface area contributed by atoms with Crippen LogP contribution >= 0.6 is 0 Å². The van der Waals surface area contributed by atoms with E-state index in [9.17, 15) is 4.79 Å². The van der Waals surface area contributed by atoms with Gasteiger partial charge in [0.25, 0.3) is 5.78 Å². The number of nitrogen functional groups attached to an aromatic ring is 1. The first-order chi connectivity index (χ1) is 15.5. The molecule has 3 heterocycles. The Labute approximate surface area is 187 Å². The van der Waals surface area contributed by atoms with E-state index in [0.717, 1.165) is 60.4 Å². The van der Waals surface area contributed by atoms with Crippen LogP contribution in [-0.4, -0.2) is 63.1 Å². The van der Waals surface area contributed by atoms with E-state index >= 15 is 0 Å². The van der Waals surface area contributed by atoms with Crippen LogP contribution in [0.5, 0.6) is 0 Å². The molecule has 32 heavy (non-hydrogen) atoms. The van der Waals surface area contributed by atoms with Gasteiger partial charge < -0.3 is 16.0 Å². The number of carbonyl (C=O) groups is 1. The molecule has 9 heteroatoms. The van der Waals surface area contributed by atoms with Crippen molar-refractivity contribution in [2.24, 2.45) is 5.92 Å². The molecule has 1 saturated carbocycles. The summed E-state index contributed by atoms with van der Waals surface area (Å²) in [5.41, 5.74) is 10.1. The van der Waals surface area contributed by atoms with Gasteiger partial charge in [0.05, 0.1) is 6.42 Å². The summed E-state index contributed by atoms with van der Waals surface area (Å²) in [6.45, 7) is 9.29. The minimum Gasteiger partial charge on any atom is -0.369 e. The number of fused-ring (bicyclic) bond motifs is 1. The number of piperazine rings is 1. The van der Waals surface area contributed by atoms with Gasteiger partial charge in [-0.2, -0.15) is 9.50 Å². The van der Waals surface area contributed by atoms with Crippen molar-refractivity contribution in [3.63, 3.8) is 0 Å². The predicted molar refractivity (Wildman–Crippen MR) is 125 cm³/mol. The average molecular weight is 435 g/mol. The Morgan fingerprint density at radius 2 is 1.94 bits per heavy atom. The van der Waals surface area contributed by atoms with E-state index in [0.29, 0.717) is 5.78 Å². The molecule has 1 aliphatic heterocycles. The van der Waals surface area contributed by atoms with Crippen LogP contribution in [0.25, 0.3) is 5.78 Å². The van der Waals surface area contributed by atoms with Gasteiger partial charge in [-0.1, -0.05) is 6.07 Å². The van der Waals surface area contributed by atoms with Gasteiger partial charge in [-0.15, -0.1) is 5.10 Å². The lowest BCUT2D eigenvalue weighted by Gasteiger charge is -2.36. The normalized spacial score (nSPS) is 17.1. The third-order valence-corrected chi connectivity index (χ3v) is 6.48. The molecule has 0 unspecified atom stereocenters. The van der Waals surface area contributed by atoms with Crippen molar-refractivity contribution in [3.05, 3.63) is 41.2 Å². The number of aromatic nitrogens is 4. The fourth-order valence-electron chi connectivity index (χ4n) is 4.48. The Morgan fingerprint density at radius 1 is 1.16 bits per heavy atom. The molecule has 0 bridgehead atoms. The van der Waals surface area contributed by atoms with Crippen LogP contribution in [0.4, 0.5) is 17.3 Å². The molecule has 1 aromatic carbocycles. The maximum absolute atomic E-state index is 12.8. The summed E-state index contributed by atoms with van der Waals surface area (Å²) >= 11 is 0. The number of nitrogens with one attached hydrogen (secondary N) is 1. The van der Waals surface area contributed by atoms with Gasteiger partial charge >= 0.3 is 0 Å². The number of carbonyl (C=O) groups excluding carboxylic acids is 1. The molecule has 2 aliphatic rings. The van der Waals surface area contributed by atoms with Crippen molar-refractivity contribution < 1.29 is 4.79 Å². The van der Waals surface area contributed by atoms with Crippen molar-refractivity contribution in [1.29, 1.82) is 0 Å². The quantitative estimate of drug-likeness (QED) is 0.612. The second-order valence-electron chi connectivity index (χ2n) is 8.95. The third-order valence-electron chi connectivity index (χ3n) is 6.48. The highest BCUT2D eigenvalue weighted by Gasteiger charge is 2.26. The Morgan fingerprint density at radius 3 is 2.69 bits per heavy atom. The highest BCUT2D eigenvalue weighted by Crippen LogP contribution is 2.30. The van der Waals surface area contributed by atoms with Gasteiger partial charge in [0.15, 0.2) is 0 Å². The van der Waals surface area contributed by atoms with Gasteiger partial charge in [0, 0.05) is 61.0 Å². The number of aryl methyl sites for hydroxylation is 2. The zero-order valence-electron chi connectivity index (χ0n) is 18.7. The standard InChI is InChI=1S/C23H30N8O/c1-15-20(16(2)31-23(25-15)27-22(24)28-31)13-21(32)26-18-4-3-5-19(12-18)30-10-8-29(9-11-30)14-17-6-7-17/h3-5,12,17H,6-11,13-14H2,1-2H3,(H2,24,28)(H,26,32). The molecule has 3 N–H and O–H groups in total. The van der Waals surface area contributed by atoms with Gasteiger partial charge in [0.1, 0.15) is 0 Å². The lowest BCUT2D eigenvalue weighted by Crippen LogP contribution is -2.47. The fraction of sp³-hybridized carbons (Fsp3) is 0.478. The van der Waals surface area contributed by atoms with Gasteiger partial charge in [-0.25, -0.2) is 4.98 Å². The highest BCUT2D eigenvalue weighted by molar-refractivity contribution is 5.93. The summed E-state index contributed by atoms with van der Waals surface area (Å²) in [6, 6.07) is 8.12. The summed E-state index contributed by atoms with van der Waals surface area (Å²) in [7, 11) is 0. The number of rotatable bonds is 6. The van der Waals surface area contributed by atoms with Crippen molar-refractivity contribution in [1.82, 2.24) is 24.5 Å². The first kappa shape index (κ1) is 20.7. The Bertz CT molecular complexity index is 1140. The topological polar surface area (TPSA) is 105 Å². The van der Waals surface area contributed by atoms with E-state index < -0.39 is 0 Å². The fourth-order valence-corrected chi connectivity index (χ4v) is 4.48. The van der Waals surface area contributed by atoms with E-state index in [1.165, 1.54) is 19.4 Å². The molecule has 5 rings (SSSR count). The highest BCUT2D eigenvalue weighted by atomic mass is 16.1. The van der Waals surface area contributed by atoms with E-state index in [1.807, 2.05) is 26.0 Å². The van der Waals surface area contributed by atoms with Crippen molar-refractivity contribution >= 4 is 29.0 Å². The number of nitrogens with zero attached hydrogens (tertiary/aromatic N) is 6. The van der Waals surface area contributed by atoms with Gasteiger partial charge in [-0.3, -0.25) is 9.69 Å². The molecule has 2 fully saturated rings. The molecule has 0 spiro atoms. The summed E-state index contributed by atoms with van der Waals surface area (Å²) in [5.74, 6) is 1.47. The van der Waals surface area contributed by atoms with Crippen LogP contribution in [0, 0.1) is 19.8 Å². The first-order valence-corrected chi connectivity index (χ1v) is 11.3. The molecular weight excluding hydrogens is 404 g/mol. The van der Waals surface area contributed by atoms with Crippen LogP contribution in [0.1, 0.15) is 29.8 Å². The molecule has 3 aromatic rings. The number of nitrogens with two attached hydrogens (primary N) is 1. The van der Waals surface area contributed by atoms with Crippen LogP contribution in [0.2, 0.25) is 0 Å². The zero-order valence-corrected chi connectivity index (χ0v) is 18.7. The monoisotopic (exact) mass is 434 g/mol. The summed E-state index contributed by atoms with van der Waals surface area (Å²) in [4.78, 5) is 26.4. The Hall–Kier alpha value is -3.20. The SMILES string of the molecule is Cc1nc2nc(N)nn2c(C)c1CC(=O)Nc1cccc(N2CCN(CC3CC3)CC2)c1. The lowest BCUT2D eigenvalue weighted by molar-refractivity contribution is -0.115. The van der Waals surface area contributed by atoms with E-state index in [4.69, 9.17) is 5.73 Å². The number of hydrogen-bond acceptors (Lipinski definition) is 7. The zero-order chi connectivity index (χ0) is 22.2. The molecule has 1 amide bonds. The minimum atomic E-state index is -0.0863. The predicted octanol–water partition coefficient (Wildman–Crippen LogP) is 2.04. The minimum absolute atomic E-state index is 0.0863. The summed E-state index contributed by atoms with van der Waals surface area (Å²) in [6.07, 6.45) is 3.01. The number of benzene rings is 1.